The molecule has 1 atom stereocenters. The first kappa shape index (κ1) is 29.8. The lowest BCUT2D eigenvalue weighted by Crippen LogP contribution is -2.49. The zero-order chi connectivity index (χ0) is 34.9. The van der Waals surface area contributed by atoms with Gasteiger partial charge in [0.2, 0.25) is 0 Å². The van der Waals surface area contributed by atoms with Crippen molar-refractivity contribution in [3.63, 3.8) is 0 Å². The van der Waals surface area contributed by atoms with Gasteiger partial charge in [-0.3, -0.25) is 0 Å². The molecule has 0 N–H and O–H groups in total. The third kappa shape index (κ3) is 3.85. The summed E-state index contributed by atoms with van der Waals surface area (Å²) in [6.45, 7) is 9.76. The average molecular weight is 669 g/mol. The molecule has 250 valence electrons. The van der Waals surface area contributed by atoms with Crippen LogP contribution in [0.4, 0.5) is 11.4 Å². The molecule has 8 aromatic rings. The zero-order valence-electron chi connectivity index (χ0n) is 30.1. The number of hydrogen-bond acceptors (Lipinski definition) is 1. The molecule has 0 fully saturated rings. The minimum atomic E-state index is -0.132. The molecule has 2 nitrogen and oxygen atoms in total. The largest absolute Gasteiger partial charge is 0.334 e. The van der Waals surface area contributed by atoms with Gasteiger partial charge in [-0.15, -0.1) is 0 Å². The summed E-state index contributed by atoms with van der Waals surface area (Å²) in [7, 11) is 0. The molecule has 3 heterocycles. The van der Waals surface area contributed by atoms with Crippen molar-refractivity contribution in [1.82, 2.24) is 4.57 Å². The highest BCUT2D eigenvalue weighted by Crippen LogP contribution is 2.51. The highest BCUT2D eigenvalue weighted by Gasteiger charge is 2.44. The van der Waals surface area contributed by atoms with Gasteiger partial charge >= 0.3 is 0 Å². The van der Waals surface area contributed by atoms with Gasteiger partial charge in [-0.2, -0.15) is 0 Å². The lowest BCUT2D eigenvalue weighted by Gasteiger charge is -2.44. The fourth-order valence-corrected chi connectivity index (χ4v) is 10.1. The minimum absolute atomic E-state index is 0.0877. The summed E-state index contributed by atoms with van der Waals surface area (Å²) in [5.74, 6) is 0. The normalized spacial score (nSPS) is 17.4. The molecule has 2 heteroatoms. The van der Waals surface area contributed by atoms with E-state index in [4.69, 9.17) is 0 Å². The molecule has 1 aromatic heterocycles. The lowest BCUT2D eigenvalue weighted by atomic mass is 9.67. The monoisotopic (exact) mass is 668 g/mol. The van der Waals surface area contributed by atoms with E-state index in [-0.39, 0.29) is 16.9 Å². The summed E-state index contributed by atoms with van der Waals surface area (Å²) in [5, 5.41) is 9.25. The molecule has 0 amide bonds. The van der Waals surface area contributed by atoms with Crippen molar-refractivity contribution < 1.29 is 0 Å². The molecule has 11 rings (SSSR count). The Labute approximate surface area is 304 Å². The Morgan fingerprint density at radius 1 is 0.558 bits per heavy atom. The Balaban J connectivity index is 1.17. The number of aromatic nitrogens is 1. The van der Waals surface area contributed by atoms with Gasteiger partial charge in [-0.1, -0.05) is 161 Å². The molecule has 0 saturated carbocycles. The summed E-state index contributed by atoms with van der Waals surface area (Å²) < 4.78 is 2.66. The summed E-state index contributed by atoms with van der Waals surface area (Å²) in [5.41, 5.74) is 13.3. The molecule has 7 aromatic carbocycles. The van der Waals surface area contributed by atoms with Crippen LogP contribution in [0.15, 0.2) is 146 Å². The quantitative estimate of drug-likeness (QED) is 0.181. The second-order valence-electron chi connectivity index (χ2n) is 16.1. The Kier molecular flexibility index (Phi) is 5.94. The first-order valence-corrected chi connectivity index (χ1v) is 18.7. The van der Waals surface area contributed by atoms with Crippen molar-refractivity contribution in [2.45, 2.75) is 51.0 Å². The van der Waals surface area contributed by atoms with Crippen LogP contribution in [-0.4, -0.2) is 10.6 Å². The number of anilines is 2. The highest BCUT2D eigenvalue weighted by atomic mass is 15.2. The number of fused-ring (bicyclic) bond motifs is 3. The third-order valence-corrected chi connectivity index (χ3v) is 12.7. The fourth-order valence-electron chi connectivity index (χ4n) is 10.1. The SMILES string of the molecule is CC1(C)C2=c3c(c4cccc5c4n3-c3c1cccc3C5(C)C)=CC(N(c1ccc(-c3cccc4ccccc34)cc1)c1cccc3ccccc13)C2. The Hall–Kier alpha value is -5.86. The van der Waals surface area contributed by atoms with Crippen molar-refractivity contribution in [2.24, 2.45) is 0 Å². The van der Waals surface area contributed by atoms with Crippen molar-refractivity contribution in [3.8, 4) is 16.8 Å². The minimum Gasteiger partial charge on any atom is -0.334 e. The first-order valence-electron chi connectivity index (χ1n) is 18.7. The van der Waals surface area contributed by atoms with Crippen molar-refractivity contribution in [3.05, 3.63) is 173 Å². The second kappa shape index (κ2) is 10.4. The summed E-state index contributed by atoms with van der Waals surface area (Å²) in [6, 6.07) is 54.5. The van der Waals surface area contributed by atoms with Gasteiger partial charge in [0.25, 0.3) is 0 Å². The highest BCUT2D eigenvalue weighted by molar-refractivity contribution is 6.00. The molecular formula is C50H40N2. The maximum absolute atomic E-state index is 2.66. The van der Waals surface area contributed by atoms with Gasteiger partial charge in [-0.05, 0) is 74.2 Å². The van der Waals surface area contributed by atoms with Crippen LogP contribution in [0.2, 0.25) is 0 Å². The fraction of sp³-hybridized carbons (Fsp3) is 0.160. The van der Waals surface area contributed by atoms with Crippen LogP contribution in [0, 0.1) is 0 Å². The van der Waals surface area contributed by atoms with Gasteiger partial charge in [0.05, 0.1) is 22.6 Å². The first-order chi connectivity index (χ1) is 25.3. The lowest BCUT2D eigenvalue weighted by molar-refractivity contribution is 0.585. The topological polar surface area (TPSA) is 8.17 Å². The van der Waals surface area contributed by atoms with Crippen LogP contribution < -0.4 is 15.5 Å². The molecule has 1 aliphatic carbocycles. The average Bonchev–Trinajstić information content (AvgIpc) is 3.51. The number of nitrogens with zero attached hydrogens (tertiary/aromatic N) is 2. The molecule has 0 radical (unpaired) electrons. The maximum atomic E-state index is 2.66. The van der Waals surface area contributed by atoms with E-state index < -0.39 is 0 Å². The standard InChI is InChI=1S/C50H40N2/c1-49(2)41-21-11-20-39-40-29-35(30-44-47(40)52(46(39)41)48-42(49)22-12-23-43(48)50(44,3)4)51(45-24-10-16-32-14-6-8-18-38(32)45)34-27-25-33(26-28-34)37-19-9-15-31-13-5-7-17-36(31)37/h5-29,35H,30H2,1-4H3. The predicted octanol–water partition coefficient (Wildman–Crippen LogP) is 11.1. The van der Waals surface area contributed by atoms with Crippen LogP contribution >= 0.6 is 0 Å². The van der Waals surface area contributed by atoms with Crippen molar-refractivity contribution >= 4 is 55.5 Å². The summed E-state index contributed by atoms with van der Waals surface area (Å²) >= 11 is 0. The van der Waals surface area contributed by atoms with Crippen LogP contribution in [0.5, 0.6) is 0 Å². The van der Waals surface area contributed by atoms with Crippen LogP contribution in [0.1, 0.15) is 50.8 Å². The molecule has 0 saturated heterocycles. The molecule has 2 aliphatic heterocycles. The van der Waals surface area contributed by atoms with E-state index in [1.54, 1.807) is 0 Å². The Morgan fingerprint density at radius 2 is 1.15 bits per heavy atom. The number of hydrogen-bond donors (Lipinski definition) is 0. The second-order valence-corrected chi connectivity index (χ2v) is 16.1. The molecule has 0 spiro atoms. The van der Waals surface area contributed by atoms with Crippen LogP contribution in [0.25, 0.3) is 60.9 Å². The van der Waals surface area contributed by atoms with Crippen molar-refractivity contribution in [2.75, 3.05) is 4.90 Å². The van der Waals surface area contributed by atoms with Crippen molar-refractivity contribution in [1.29, 1.82) is 0 Å². The predicted molar refractivity (Wildman–Crippen MR) is 219 cm³/mol. The van der Waals surface area contributed by atoms with Crippen LogP contribution in [-0.2, 0) is 10.8 Å². The third-order valence-electron chi connectivity index (χ3n) is 12.7. The van der Waals surface area contributed by atoms with E-state index in [2.05, 4.69) is 189 Å². The zero-order valence-corrected chi connectivity index (χ0v) is 30.1. The summed E-state index contributed by atoms with van der Waals surface area (Å²) in [6.07, 6.45) is 3.54. The Bertz CT molecular complexity index is 2930. The van der Waals surface area contributed by atoms with Gasteiger partial charge in [0, 0.05) is 38.2 Å². The smallest absolute Gasteiger partial charge is 0.0582 e. The molecule has 0 bridgehead atoms. The number of benzene rings is 7. The number of rotatable bonds is 4. The van der Waals surface area contributed by atoms with E-state index in [1.807, 2.05) is 0 Å². The molecule has 3 aliphatic rings. The van der Waals surface area contributed by atoms with E-state index >= 15 is 0 Å². The van der Waals surface area contributed by atoms with Gasteiger partial charge in [0.15, 0.2) is 0 Å². The van der Waals surface area contributed by atoms with E-state index in [9.17, 15) is 0 Å². The number of para-hydroxylation sites is 2. The summed E-state index contributed by atoms with van der Waals surface area (Å²) in [4.78, 5) is 2.63. The molecule has 1 unspecified atom stereocenters. The maximum Gasteiger partial charge on any atom is 0.0582 e. The van der Waals surface area contributed by atoms with E-state index in [0.29, 0.717) is 0 Å². The Morgan fingerprint density at radius 3 is 1.94 bits per heavy atom. The van der Waals surface area contributed by atoms with Gasteiger partial charge < -0.3 is 9.47 Å². The van der Waals surface area contributed by atoms with Gasteiger partial charge in [0.1, 0.15) is 0 Å². The molecular weight excluding hydrogens is 629 g/mol. The van der Waals surface area contributed by atoms with E-state index in [1.165, 1.54) is 93.5 Å². The van der Waals surface area contributed by atoms with Gasteiger partial charge in [-0.25, -0.2) is 0 Å². The molecule has 52 heavy (non-hydrogen) atoms. The van der Waals surface area contributed by atoms with Crippen LogP contribution in [0.3, 0.4) is 0 Å². The van der Waals surface area contributed by atoms with E-state index in [0.717, 1.165) is 6.42 Å².